The average Bonchev–Trinajstić information content (AvgIpc) is 2.27. The van der Waals surface area contributed by atoms with E-state index in [2.05, 4.69) is 10.9 Å². The standard InChI is InChI=1S/C11H15ClN2O/c1-11(2,8-12)10(15)14-13-9-6-4-3-5-7-9/h3-7,13H,8H2,1-2H3,(H,14,15). The number of amides is 1. The highest BCUT2D eigenvalue weighted by atomic mass is 35.5. The number of carbonyl (C=O) groups is 1. The number of benzene rings is 1. The van der Waals surface area contributed by atoms with Gasteiger partial charge in [-0.15, -0.1) is 11.6 Å². The number of anilines is 1. The van der Waals surface area contributed by atoms with E-state index in [1.807, 2.05) is 30.3 Å². The van der Waals surface area contributed by atoms with Gasteiger partial charge in [-0.2, -0.15) is 0 Å². The quantitative estimate of drug-likeness (QED) is 0.612. The Kier molecular flexibility index (Phi) is 3.97. The summed E-state index contributed by atoms with van der Waals surface area (Å²) in [4.78, 5) is 11.6. The van der Waals surface area contributed by atoms with Crippen molar-refractivity contribution in [2.24, 2.45) is 5.41 Å². The highest BCUT2D eigenvalue weighted by molar-refractivity contribution is 6.19. The Morgan fingerprint density at radius 1 is 1.33 bits per heavy atom. The van der Waals surface area contributed by atoms with Gasteiger partial charge < -0.3 is 0 Å². The maximum absolute atomic E-state index is 11.6. The van der Waals surface area contributed by atoms with Gasteiger partial charge in [0.15, 0.2) is 0 Å². The molecule has 0 unspecified atom stereocenters. The molecule has 3 nitrogen and oxygen atoms in total. The van der Waals surface area contributed by atoms with Gasteiger partial charge >= 0.3 is 0 Å². The molecule has 2 N–H and O–H groups in total. The van der Waals surface area contributed by atoms with Gasteiger partial charge in [-0.05, 0) is 26.0 Å². The molecule has 0 saturated heterocycles. The topological polar surface area (TPSA) is 41.1 Å². The largest absolute Gasteiger partial charge is 0.299 e. The third kappa shape index (κ3) is 3.44. The fourth-order valence-corrected chi connectivity index (χ4v) is 1.00. The number of halogens is 1. The summed E-state index contributed by atoms with van der Waals surface area (Å²) in [5.41, 5.74) is 5.72. The molecule has 0 atom stereocenters. The van der Waals surface area contributed by atoms with Crippen molar-refractivity contribution in [3.05, 3.63) is 30.3 Å². The molecule has 0 fully saturated rings. The predicted octanol–water partition coefficient (Wildman–Crippen LogP) is 2.39. The third-order valence-electron chi connectivity index (χ3n) is 2.04. The summed E-state index contributed by atoms with van der Waals surface area (Å²) in [5, 5.41) is 0. The van der Waals surface area contributed by atoms with Gasteiger partial charge in [-0.1, -0.05) is 18.2 Å². The Morgan fingerprint density at radius 3 is 2.47 bits per heavy atom. The first kappa shape index (κ1) is 11.9. The van der Waals surface area contributed by atoms with E-state index in [0.29, 0.717) is 0 Å². The van der Waals surface area contributed by atoms with E-state index < -0.39 is 5.41 Å². The van der Waals surface area contributed by atoms with Crippen molar-refractivity contribution in [2.45, 2.75) is 13.8 Å². The molecule has 1 amide bonds. The van der Waals surface area contributed by atoms with Crippen molar-refractivity contribution in [3.8, 4) is 0 Å². The lowest BCUT2D eigenvalue weighted by Crippen LogP contribution is -2.41. The van der Waals surface area contributed by atoms with Gasteiger partial charge in [0, 0.05) is 5.88 Å². The Morgan fingerprint density at radius 2 is 1.93 bits per heavy atom. The van der Waals surface area contributed by atoms with E-state index >= 15 is 0 Å². The fourth-order valence-electron chi connectivity index (χ4n) is 0.880. The highest BCUT2D eigenvalue weighted by Gasteiger charge is 2.26. The Bertz CT molecular complexity index is 325. The van der Waals surface area contributed by atoms with Crippen LogP contribution in [0.1, 0.15) is 13.8 Å². The van der Waals surface area contributed by atoms with Crippen molar-refractivity contribution >= 4 is 23.2 Å². The molecular weight excluding hydrogens is 212 g/mol. The van der Waals surface area contributed by atoms with Gasteiger partial charge in [-0.25, -0.2) is 0 Å². The summed E-state index contributed by atoms with van der Waals surface area (Å²) in [6, 6.07) is 9.43. The number of carbonyl (C=O) groups excluding carboxylic acids is 1. The maximum atomic E-state index is 11.6. The van der Waals surface area contributed by atoms with Crippen molar-refractivity contribution in [2.75, 3.05) is 11.3 Å². The zero-order valence-electron chi connectivity index (χ0n) is 8.88. The van der Waals surface area contributed by atoms with Gasteiger partial charge in [0.2, 0.25) is 5.91 Å². The lowest BCUT2D eigenvalue weighted by Gasteiger charge is -2.20. The number of hydrazine groups is 1. The SMILES string of the molecule is CC(C)(CCl)C(=O)NNc1ccccc1. The molecule has 0 aromatic heterocycles. The van der Waals surface area contributed by atoms with E-state index in [4.69, 9.17) is 11.6 Å². The number of alkyl halides is 1. The zero-order chi connectivity index (χ0) is 11.3. The molecule has 0 aliphatic heterocycles. The van der Waals surface area contributed by atoms with E-state index in [1.54, 1.807) is 13.8 Å². The molecule has 0 radical (unpaired) electrons. The van der Waals surface area contributed by atoms with Crippen LogP contribution in [-0.4, -0.2) is 11.8 Å². The molecule has 0 saturated carbocycles. The lowest BCUT2D eigenvalue weighted by molar-refractivity contribution is -0.127. The van der Waals surface area contributed by atoms with Crippen LogP contribution in [0.15, 0.2) is 30.3 Å². The van der Waals surface area contributed by atoms with E-state index in [-0.39, 0.29) is 11.8 Å². The number of nitrogens with one attached hydrogen (secondary N) is 2. The minimum absolute atomic E-state index is 0.124. The summed E-state index contributed by atoms with van der Waals surface area (Å²) in [7, 11) is 0. The monoisotopic (exact) mass is 226 g/mol. The van der Waals surface area contributed by atoms with Crippen molar-refractivity contribution < 1.29 is 4.79 Å². The minimum atomic E-state index is -0.566. The molecule has 1 aromatic carbocycles. The van der Waals surface area contributed by atoms with Crippen LogP contribution in [0, 0.1) is 5.41 Å². The van der Waals surface area contributed by atoms with E-state index in [9.17, 15) is 4.79 Å². The Labute approximate surface area is 94.8 Å². The lowest BCUT2D eigenvalue weighted by atomic mass is 9.96. The van der Waals surface area contributed by atoms with Crippen molar-refractivity contribution in [1.82, 2.24) is 5.43 Å². The first-order valence-electron chi connectivity index (χ1n) is 4.74. The molecule has 0 bridgehead atoms. The molecular formula is C11H15ClN2O. The van der Waals surface area contributed by atoms with Gasteiger partial charge in [0.1, 0.15) is 0 Å². The van der Waals surface area contributed by atoms with Crippen LogP contribution in [0.2, 0.25) is 0 Å². The third-order valence-corrected chi connectivity index (χ3v) is 2.71. The normalized spacial score (nSPS) is 10.9. The minimum Gasteiger partial charge on any atom is -0.299 e. The summed E-state index contributed by atoms with van der Waals surface area (Å²) in [6.07, 6.45) is 0. The summed E-state index contributed by atoms with van der Waals surface area (Å²) < 4.78 is 0. The van der Waals surface area contributed by atoms with Crippen LogP contribution in [-0.2, 0) is 4.79 Å². The number of hydrogen-bond donors (Lipinski definition) is 2. The number of rotatable bonds is 4. The maximum Gasteiger partial charge on any atom is 0.245 e. The number of hydrogen-bond acceptors (Lipinski definition) is 2. The number of para-hydroxylation sites is 1. The molecule has 1 rings (SSSR count). The molecule has 0 heterocycles. The zero-order valence-corrected chi connectivity index (χ0v) is 9.64. The predicted molar refractivity (Wildman–Crippen MR) is 62.7 cm³/mol. The van der Waals surface area contributed by atoms with Crippen molar-refractivity contribution in [1.29, 1.82) is 0 Å². The highest BCUT2D eigenvalue weighted by Crippen LogP contribution is 2.16. The molecule has 15 heavy (non-hydrogen) atoms. The van der Waals surface area contributed by atoms with Gasteiger partial charge in [0.05, 0.1) is 11.1 Å². The summed E-state index contributed by atoms with van der Waals surface area (Å²) >= 11 is 5.68. The van der Waals surface area contributed by atoms with Crippen LogP contribution < -0.4 is 10.9 Å². The van der Waals surface area contributed by atoms with Gasteiger partial charge in [-0.3, -0.25) is 15.6 Å². The van der Waals surface area contributed by atoms with Crippen LogP contribution in [0.4, 0.5) is 5.69 Å². The molecule has 0 aliphatic rings. The smallest absolute Gasteiger partial charge is 0.245 e. The second-order valence-corrected chi connectivity index (χ2v) is 4.23. The van der Waals surface area contributed by atoms with Crippen LogP contribution in [0.3, 0.4) is 0 Å². The second-order valence-electron chi connectivity index (χ2n) is 3.96. The molecule has 0 spiro atoms. The average molecular weight is 227 g/mol. The van der Waals surface area contributed by atoms with E-state index in [0.717, 1.165) is 5.69 Å². The Balaban J connectivity index is 2.48. The Hall–Kier alpha value is -1.22. The first-order valence-corrected chi connectivity index (χ1v) is 5.27. The van der Waals surface area contributed by atoms with Crippen LogP contribution >= 0.6 is 11.6 Å². The fraction of sp³-hybridized carbons (Fsp3) is 0.364. The summed E-state index contributed by atoms with van der Waals surface area (Å²) in [5.74, 6) is 0.163. The first-order chi connectivity index (χ1) is 7.06. The molecule has 82 valence electrons. The molecule has 0 aliphatic carbocycles. The summed E-state index contributed by atoms with van der Waals surface area (Å²) in [6.45, 7) is 3.59. The van der Waals surface area contributed by atoms with Crippen LogP contribution in [0.25, 0.3) is 0 Å². The molecule has 4 heteroatoms. The molecule has 1 aromatic rings. The van der Waals surface area contributed by atoms with Crippen molar-refractivity contribution in [3.63, 3.8) is 0 Å². The van der Waals surface area contributed by atoms with E-state index in [1.165, 1.54) is 0 Å². The second kappa shape index (κ2) is 5.03. The van der Waals surface area contributed by atoms with Crippen LogP contribution in [0.5, 0.6) is 0 Å². The van der Waals surface area contributed by atoms with Gasteiger partial charge in [0.25, 0.3) is 0 Å².